The Labute approximate surface area is 158 Å². The first-order valence-corrected chi connectivity index (χ1v) is 9.12. The van der Waals surface area contributed by atoms with Crippen LogP contribution in [0.25, 0.3) is 0 Å². The van der Waals surface area contributed by atoms with Gasteiger partial charge in [0.1, 0.15) is 11.6 Å². The van der Waals surface area contributed by atoms with Gasteiger partial charge < -0.3 is 9.64 Å². The molecule has 1 heterocycles. The minimum absolute atomic E-state index is 0.0875. The number of ether oxygens (including phenoxy) is 1. The average Bonchev–Trinajstić information content (AvgIpc) is 2.66. The van der Waals surface area contributed by atoms with Gasteiger partial charge in [0.25, 0.3) is 0 Å². The molecule has 3 rings (SSSR count). The molecule has 0 spiro atoms. The van der Waals surface area contributed by atoms with E-state index in [4.69, 9.17) is 16.3 Å². The van der Waals surface area contributed by atoms with Crippen LogP contribution in [0.1, 0.15) is 12.0 Å². The Hall–Kier alpha value is -2.11. The summed E-state index contributed by atoms with van der Waals surface area (Å²) in [6, 6.07) is 14.2. The maximum Gasteiger partial charge on any atom is 0.226 e. The molecule has 0 N–H and O–H groups in total. The number of halogens is 2. The summed E-state index contributed by atoms with van der Waals surface area (Å²) in [5.41, 5.74) is 0.519. The first-order valence-electron chi connectivity index (χ1n) is 8.74. The predicted octanol–water partition coefficient (Wildman–Crippen LogP) is 3.59. The molecule has 1 aliphatic rings. The largest absolute Gasteiger partial charge is 0.493 e. The van der Waals surface area contributed by atoms with Gasteiger partial charge in [-0.2, -0.15) is 0 Å². The van der Waals surface area contributed by atoms with Gasteiger partial charge in [-0.3, -0.25) is 9.69 Å². The van der Waals surface area contributed by atoms with E-state index in [-0.39, 0.29) is 11.7 Å². The van der Waals surface area contributed by atoms with Crippen molar-refractivity contribution in [3.63, 3.8) is 0 Å². The van der Waals surface area contributed by atoms with Gasteiger partial charge in [0.2, 0.25) is 5.91 Å². The molecule has 1 aliphatic heterocycles. The van der Waals surface area contributed by atoms with Crippen LogP contribution < -0.4 is 4.74 Å². The van der Waals surface area contributed by atoms with Gasteiger partial charge >= 0.3 is 0 Å². The second kappa shape index (κ2) is 9.01. The van der Waals surface area contributed by atoms with Crippen molar-refractivity contribution in [3.8, 4) is 5.75 Å². The summed E-state index contributed by atoms with van der Waals surface area (Å²) in [6.45, 7) is 3.51. The number of carbonyl (C=O) groups is 1. The van der Waals surface area contributed by atoms with Gasteiger partial charge in [0.05, 0.1) is 13.0 Å². The lowest BCUT2D eigenvalue weighted by atomic mass is 10.1. The Balaban J connectivity index is 1.42. The number of benzene rings is 2. The zero-order chi connectivity index (χ0) is 18.4. The molecule has 0 saturated carbocycles. The zero-order valence-electron chi connectivity index (χ0n) is 14.5. The van der Waals surface area contributed by atoms with Crippen LogP contribution in [0.4, 0.5) is 4.39 Å². The fourth-order valence-corrected chi connectivity index (χ4v) is 3.22. The highest BCUT2D eigenvalue weighted by Gasteiger charge is 2.22. The van der Waals surface area contributed by atoms with Gasteiger partial charge in [-0.05, 0) is 24.3 Å². The maximum absolute atomic E-state index is 13.9. The van der Waals surface area contributed by atoms with Crippen molar-refractivity contribution in [1.82, 2.24) is 9.80 Å². The summed E-state index contributed by atoms with van der Waals surface area (Å²) in [7, 11) is 0. The van der Waals surface area contributed by atoms with E-state index < -0.39 is 0 Å². The number of rotatable bonds is 6. The second-order valence-corrected chi connectivity index (χ2v) is 6.68. The normalized spacial score (nSPS) is 15.1. The summed E-state index contributed by atoms with van der Waals surface area (Å²) in [6.07, 6.45) is 0.355. The predicted molar refractivity (Wildman–Crippen MR) is 99.8 cm³/mol. The van der Waals surface area contributed by atoms with Crippen molar-refractivity contribution in [3.05, 3.63) is 64.9 Å². The van der Waals surface area contributed by atoms with Crippen LogP contribution in [-0.2, 0) is 11.3 Å². The van der Waals surface area contributed by atoms with Crippen molar-refractivity contribution < 1.29 is 13.9 Å². The molecule has 1 saturated heterocycles. The first-order chi connectivity index (χ1) is 12.6. The van der Waals surface area contributed by atoms with Crippen molar-refractivity contribution in [2.45, 2.75) is 13.0 Å². The highest BCUT2D eigenvalue weighted by molar-refractivity contribution is 6.31. The van der Waals surface area contributed by atoms with Crippen LogP contribution in [0.3, 0.4) is 0 Å². The molecule has 1 fully saturated rings. The Kier molecular flexibility index (Phi) is 6.47. The third-order valence-corrected chi connectivity index (χ3v) is 4.85. The molecule has 0 radical (unpaired) electrons. The third kappa shape index (κ3) is 4.96. The van der Waals surface area contributed by atoms with E-state index >= 15 is 0 Å². The summed E-state index contributed by atoms with van der Waals surface area (Å²) >= 11 is 6.09. The van der Waals surface area contributed by atoms with Crippen LogP contribution in [0.5, 0.6) is 5.75 Å². The number of piperazine rings is 1. The lowest BCUT2D eigenvalue weighted by molar-refractivity contribution is -0.133. The minimum Gasteiger partial charge on any atom is -0.493 e. The van der Waals surface area contributed by atoms with E-state index in [1.165, 1.54) is 6.07 Å². The molecule has 2 aromatic rings. The number of nitrogens with zero attached hydrogens (tertiary/aromatic N) is 2. The Morgan fingerprint density at radius 2 is 1.77 bits per heavy atom. The van der Waals surface area contributed by atoms with E-state index in [1.54, 1.807) is 12.1 Å². The van der Waals surface area contributed by atoms with Crippen LogP contribution in [-0.4, -0.2) is 48.5 Å². The average molecular weight is 377 g/mol. The number of hydrogen-bond acceptors (Lipinski definition) is 3. The highest BCUT2D eigenvalue weighted by atomic mass is 35.5. The fourth-order valence-electron chi connectivity index (χ4n) is 2.99. The molecule has 0 bridgehead atoms. The van der Waals surface area contributed by atoms with Gasteiger partial charge in [-0.25, -0.2) is 4.39 Å². The smallest absolute Gasteiger partial charge is 0.226 e. The summed E-state index contributed by atoms with van der Waals surface area (Å²) in [5, 5.41) is 0.446. The molecular formula is C20H22ClFN2O2. The Morgan fingerprint density at radius 3 is 2.46 bits per heavy atom. The van der Waals surface area contributed by atoms with Crippen LogP contribution in [0.2, 0.25) is 5.02 Å². The van der Waals surface area contributed by atoms with Crippen LogP contribution in [0, 0.1) is 5.82 Å². The van der Waals surface area contributed by atoms with E-state index in [1.807, 2.05) is 35.2 Å². The molecule has 4 nitrogen and oxygen atoms in total. The Bertz CT molecular complexity index is 714. The molecule has 138 valence electrons. The number of amides is 1. The van der Waals surface area contributed by atoms with E-state index in [0.717, 1.165) is 5.75 Å². The van der Waals surface area contributed by atoms with Crippen LogP contribution in [0.15, 0.2) is 48.5 Å². The van der Waals surface area contributed by atoms with Gasteiger partial charge in [-0.15, -0.1) is 0 Å². The van der Waals surface area contributed by atoms with Crippen molar-refractivity contribution >= 4 is 17.5 Å². The van der Waals surface area contributed by atoms with Crippen molar-refractivity contribution in [2.75, 3.05) is 32.8 Å². The standard InChI is InChI=1S/C20H22ClFN2O2/c21-18-7-4-8-19(22)17(18)15-23-10-12-24(13-11-23)20(25)9-14-26-16-5-2-1-3-6-16/h1-8H,9-15H2. The Morgan fingerprint density at radius 1 is 1.04 bits per heavy atom. The fraction of sp³-hybridized carbons (Fsp3) is 0.350. The number of carbonyl (C=O) groups excluding carboxylic acids is 1. The molecule has 6 heteroatoms. The topological polar surface area (TPSA) is 32.8 Å². The molecule has 26 heavy (non-hydrogen) atoms. The monoisotopic (exact) mass is 376 g/mol. The SMILES string of the molecule is O=C(CCOc1ccccc1)N1CCN(Cc2c(F)cccc2Cl)CC1. The molecule has 0 atom stereocenters. The first kappa shape index (κ1) is 18.7. The lowest BCUT2D eigenvalue weighted by Crippen LogP contribution is -2.48. The minimum atomic E-state index is -0.283. The number of para-hydroxylation sites is 1. The summed E-state index contributed by atoms with van der Waals surface area (Å²) in [4.78, 5) is 16.3. The van der Waals surface area contributed by atoms with E-state index in [9.17, 15) is 9.18 Å². The molecule has 0 unspecified atom stereocenters. The van der Waals surface area contributed by atoms with E-state index in [0.29, 0.717) is 56.3 Å². The van der Waals surface area contributed by atoms with Crippen molar-refractivity contribution in [1.29, 1.82) is 0 Å². The highest BCUT2D eigenvalue weighted by Crippen LogP contribution is 2.21. The molecule has 0 aromatic heterocycles. The van der Waals surface area contributed by atoms with Gasteiger partial charge in [0, 0.05) is 43.3 Å². The quantitative estimate of drug-likeness (QED) is 0.772. The van der Waals surface area contributed by atoms with Gasteiger partial charge in [-0.1, -0.05) is 35.9 Å². The zero-order valence-corrected chi connectivity index (χ0v) is 15.3. The van der Waals surface area contributed by atoms with Crippen LogP contribution >= 0.6 is 11.6 Å². The van der Waals surface area contributed by atoms with Crippen molar-refractivity contribution in [2.24, 2.45) is 0 Å². The maximum atomic E-state index is 13.9. The second-order valence-electron chi connectivity index (χ2n) is 6.27. The molecule has 0 aliphatic carbocycles. The summed E-state index contributed by atoms with van der Waals surface area (Å²) in [5.74, 6) is 0.574. The lowest BCUT2D eigenvalue weighted by Gasteiger charge is -2.35. The van der Waals surface area contributed by atoms with Gasteiger partial charge in [0.15, 0.2) is 0 Å². The molecule has 2 aromatic carbocycles. The number of hydrogen-bond donors (Lipinski definition) is 0. The molecular weight excluding hydrogens is 355 g/mol. The molecule has 1 amide bonds. The summed E-state index contributed by atoms with van der Waals surface area (Å²) < 4.78 is 19.5. The third-order valence-electron chi connectivity index (χ3n) is 4.50. The van der Waals surface area contributed by atoms with E-state index in [2.05, 4.69) is 4.90 Å².